The van der Waals surface area contributed by atoms with E-state index in [9.17, 15) is 4.39 Å². The van der Waals surface area contributed by atoms with Crippen LogP contribution in [0.2, 0.25) is 0 Å². The zero-order valence-electron chi connectivity index (χ0n) is 10.8. The summed E-state index contributed by atoms with van der Waals surface area (Å²) in [5.41, 5.74) is 8.86. The lowest BCUT2D eigenvalue weighted by Gasteiger charge is -2.16. The van der Waals surface area contributed by atoms with E-state index >= 15 is 0 Å². The molecule has 0 aliphatic rings. The Bertz CT molecular complexity index is 601. The quantitative estimate of drug-likeness (QED) is 0.928. The van der Waals surface area contributed by atoms with Crippen LogP contribution in [0, 0.1) is 12.7 Å². The molecule has 0 bridgehead atoms. The molecule has 0 saturated carbocycles. The number of rotatable bonds is 3. The molecular formula is C15H15BrFNO. The fraction of sp³-hybridized carbons (Fsp3) is 0.200. The van der Waals surface area contributed by atoms with Crippen molar-refractivity contribution in [3.05, 3.63) is 63.4 Å². The lowest BCUT2D eigenvalue weighted by Crippen LogP contribution is -2.13. The van der Waals surface area contributed by atoms with E-state index in [2.05, 4.69) is 15.9 Å². The van der Waals surface area contributed by atoms with Gasteiger partial charge < -0.3 is 10.5 Å². The maximum Gasteiger partial charge on any atom is 0.123 e. The van der Waals surface area contributed by atoms with Crippen LogP contribution in [-0.2, 0) is 0 Å². The second-order valence-electron chi connectivity index (χ2n) is 4.37. The van der Waals surface area contributed by atoms with Gasteiger partial charge in [0.25, 0.3) is 0 Å². The summed E-state index contributed by atoms with van der Waals surface area (Å²) in [5.74, 6) is 0.521. The standard InChI is InChI=1S/C15H15BrFNO/c1-9-7-10(3-6-14(9)19-2)15(18)12-8-11(17)4-5-13(12)16/h3-8,15H,18H2,1-2H3. The Morgan fingerprint density at radius 1 is 1.21 bits per heavy atom. The number of nitrogens with two attached hydrogens (primary N) is 1. The van der Waals surface area contributed by atoms with E-state index in [4.69, 9.17) is 10.5 Å². The summed E-state index contributed by atoms with van der Waals surface area (Å²) >= 11 is 3.40. The van der Waals surface area contributed by atoms with Gasteiger partial charge in [-0.3, -0.25) is 0 Å². The Morgan fingerprint density at radius 3 is 2.58 bits per heavy atom. The first-order valence-corrected chi connectivity index (χ1v) is 6.67. The van der Waals surface area contributed by atoms with Crippen molar-refractivity contribution >= 4 is 15.9 Å². The molecular weight excluding hydrogens is 309 g/mol. The van der Waals surface area contributed by atoms with Crippen LogP contribution in [-0.4, -0.2) is 7.11 Å². The molecule has 0 saturated heterocycles. The van der Waals surface area contributed by atoms with E-state index in [1.807, 2.05) is 25.1 Å². The molecule has 2 N–H and O–H groups in total. The van der Waals surface area contributed by atoms with Crippen molar-refractivity contribution < 1.29 is 9.13 Å². The fourth-order valence-electron chi connectivity index (χ4n) is 2.03. The number of methoxy groups -OCH3 is 1. The molecule has 0 amide bonds. The number of hydrogen-bond acceptors (Lipinski definition) is 2. The van der Waals surface area contributed by atoms with E-state index in [1.54, 1.807) is 13.2 Å². The Balaban J connectivity index is 2.41. The van der Waals surface area contributed by atoms with Crippen molar-refractivity contribution in [2.75, 3.05) is 7.11 Å². The molecule has 0 aliphatic carbocycles. The molecule has 2 aromatic rings. The minimum absolute atomic E-state index is 0.293. The minimum Gasteiger partial charge on any atom is -0.496 e. The van der Waals surface area contributed by atoms with Gasteiger partial charge in [-0.1, -0.05) is 28.1 Å². The molecule has 0 aromatic heterocycles. The predicted octanol–water partition coefficient (Wildman–Crippen LogP) is 3.95. The van der Waals surface area contributed by atoms with Gasteiger partial charge in [0.15, 0.2) is 0 Å². The predicted molar refractivity (Wildman–Crippen MR) is 77.9 cm³/mol. The normalized spacial score (nSPS) is 12.3. The number of hydrogen-bond donors (Lipinski definition) is 1. The highest BCUT2D eigenvalue weighted by atomic mass is 79.9. The van der Waals surface area contributed by atoms with Gasteiger partial charge in [0.1, 0.15) is 11.6 Å². The maximum absolute atomic E-state index is 13.3. The smallest absolute Gasteiger partial charge is 0.123 e. The van der Waals surface area contributed by atoms with Gasteiger partial charge >= 0.3 is 0 Å². The summed E-state index contributed by atoms with van der Waals surface area (Å²) < 4.78 is 19.3. The average molecular weight is 324 g/mol. The molecule has 2 rings (SSSR count). The van der Waals surface area contributed by atoms with Crippen LogP contribution in [0.25, 0.3) is 0 Å². The van der Waals surface area contributed by atoms with Crippen LogP contribution in [0.3, 0.4) is 0 Å². The van der Waals surface area contributed by atoms with Crippen LogP contribution in [0.15, 0.2) is 40.9 Å². The van der Waals surface area contributed by atoms with Crippen molar-refractivity contribution in [3.63, 3.8) is 0 Å². The van der Waals surface area contributed by atoms with Gasteiger partial charge in [-0.05, 0) is 47.9 Å². The van der Waals surface area contributed by atoms with Gasteiger partial charge in [-0.25, -0.2) is 4.39 Å². The van der Waals surface area contributed by atoms with E-state index in [1.165, 1.54) is 12.1 Å². The number of benzene rings is 2. The summed E-state index contributed by atoms with van der Waals surface area (Å²) in [6.45, 7) is 1.95. The third kappa shape index (κ3) is 2.96. The molecule has 2 nitrogen and oxygen atoms in total. The minimum atomic E-state index is -0.380. The Labute approximate surface area is 120 Å². The molecule has 0 aliphatic heterocycles. The molecule has 2 aromatic carbocycles. The van der Waals surface area contributed by atoms with Crippen LogP contribution in [0.5, 0.6) is 5.75 Å². The summed E-state index contributed by atoms with van der Waals surface area (Å²) in [4.78, 5) is 0. The molecule has 1 atom stereocenters. The van der Waals surface area contributed by atoms with Crippen molar-refractivity contribution in [1.29, 1.82) is 0 Å². The SMILES string of the molecule is COc1ccc(C(N)c2cc(F)ccc2Br)cc1C. The highest BCUT2D eigenvalue weighted by Gasteiger charge is 2.14. The highest BCUT2D eigenvalue weighted by Crippen LogP contribution is 2.29. The van der Waals surface area contributed by atoms with Crippen LogP contribution < -0.4 is 10.5 Å². The summed E-state index contributed by atoms with van der Waals surface area (Å²) in [5, 5.41) is 0. The number of ether oxygens (including phenoxy) is 1. The molecule has 1 unspecified atom stereocenters. The van der Waals surface area contributed by atoms with E-state index in [0.717, 1.165) is 26.9 Å². The van der Waals surface area contributed by atoms with E-state index in [0.29, 0.717) is 0 Å². The first kappa shape index (κ1) is 14.0. The Hall–Kier alpha value is -1.39. The first-order chi connectivity index (χ1) is 9.02. The zero-order valence-corrected chi connectivity index (χ0v) is 12.4. The molecule has 4 heteroatoms. The van der Waals surface area contributed by atoms with Crippen molar-refractivity contribution in [1.82, 2.24) is 0 Å². The average Bonchev–Trinajstić information content (AvgIpc) is 2.40. The molecule has 0 fully saturated rings. The monoisotopic (exact) mass is 323 g/mol. The largest absolute Gasteiger partial charge is 0.496 e. The van der Waals surface area contributed by atoms with Crippen LogP contribution in [0.4, 0.5) is 4.39 Å². The maximum atomic E-state index is 13.3. The number of aryl methyl sites for hydroxylation is 1. The van der Waals surface area contributed by atoms with Gasteiger partial charge in [0.05, 0.1) is 13.2 Å². The fourth-order valence-corrected chi connectivity index (χ4v) is 2.52. The topological polar surface area (TPSA) is 35.2 Å². The molecule has 0 radical (unpaired) electrons. The van der Waals surface area contributed by atoms with Crippen LogP contribution in [0.1, 0.15) is 22.7 Å². The lowest BCUT2D eigenvalue weighted by molar-refractivity contribution is 0.411. The van der Waals surface area contributed by atoms with E-state index < -0.39 is 0 Å². The summed E-state index contributed by atoms with van der Waals surface area (Å²) in [7, 11) is 1.63. The van der Waals surface area contributed by atoms with Crippen molar-refractivity contribution in [3.8, 4) is 5.75 Å². The van der Waals surface area contributed by atoms with Gasteiger partial charge in [0.2, 0.25) is 0 Å². The molecule has 0 heterocycles. The lowest BCUT2D eigenvalue weighted by atomic mass is 9.98. The third-order valence-electron chi connectivity index (χ3n) is 3.07. The van der Waals surface area contributed by atoms with Crippen molar-refractivity contribution in [2.45, 2.75) is 13.0 Å². The van der Waals surface area contributed by atoms with E-state index in [-0.39, 0.29) is 11.9 Å². The third-order valence-corrected chi connectivity index (χ3v) is 3.79. The Kier molecular flexibility index (Phi) is 4.22. The summed E-state index contributed by atoms with van der Waals surface area (Å²) in [6.07, 6.45) is 0. The summed E-state index contributed by atoms with van der Waals surface area (Å²) in [6, 6.07) is 9.87. The second kappa shape index (κ2) is 5.72. The number of halogens is 2. The molecule has 100 valence electrons. The molecule has 0 spiro atoms. The Morgan fingerprint density at radius 2 is 1.95 bits per heavy atom. The second-order valence-corrected chi connectivity index (χ2v) is 5.23. The first-order valence-electron chi connectivity index (χ1n) is 5.88. The molecule has 19 heavy (non-hydrogen) atoms. The highest BCUT2D eigenvalue weighted by molar-refractivity contribution is 9.10. The zero-order chi connectivity index (χ0) is 14.0. The van der Waals surface area contributed by atoms with Gasteiger partial charge in [-0.15, -0.1) is 0 Å². The van der Waals surface area contributed by atoms with Gasteiger partial charge in [-0.2, -0.15) is 0 Å². The van der Waals surface area contributed by atoms with Gasteiger partial charge in [0, 0.05) is 4.47 Å². The van der Waals surface area contributed by atoms with Crippen LogP contribution >= 0.6 is 15.9 Å². The van der Waals surface area contributed by atoms with Crippen molar-refractivity contribution in [2.24, 2.45) is 5.73 Å².